The van der Waals surface area contributed by atoms with Crippen LogP contribution in [0, 0.1) is 5.92 Å². The molecule has 1 atom stereocenters. The number of H-pyrrole nitrogens is 1. The first kappa shape index (κ1) is 16.0. The minimum atomic E-state index is -0.0199. The summed E-state index contributed by atoms with van der Waals surface area (Å²) in [5.74, 6) is 1.72. The molecule has 1 aromatic heterocycles. The number of methoxy groups -OCH3 is 1. The van der Waals surface area contributed by atoms with E-state index in [4.69, 9.17) is 9.47 Å². The first-order valence-corrected chi connectivity index (χ1v) is 8.61. The minimum absolute atomic E-state index is 0.0199. The Bertz CT molecular complexity index is 735. The number of aromatic nitrogens is 2. The highest BCUT2D eigenvalue weighted by atomic mass is 16.5. The summed E-state index contributed by atoms with van der Waals surface area (Å²) >= 11 is 0. The summed E-state index contributed by atoms with van der Waals surface area (Å²) in [5, 5.41) is 3.19. The number of nitrogens with zero attached hydrogens (tertiary/aromatic N) is 2. The smallest absolute Gasteiger partial charge is 0.296 e. The van der Waals surface area contributed by atoms with Crippen LogP contribution in [0.5, 0.6) is 17.6 Å². The van der Waals surface area contributed by atoms with Crippen LogP contribution in [-0.2, 0) is 0 Å². The number of carbonyl (C=O) groups excluding carboxylic acids is 1. The van der Waals surface area contributed by atoms with Crippen LogP contribution in [0.2, 0.25) is 0 Å². The van der Waals surface area contributed by atoms with Gasteiger partial charge in [0.05, 0.1) is 13.3 Å². The third-order valence-electron chi connectivity index (χ3n) is 5.04. The molecule has 1 aromatic carbocycles. The van der Waals surface area contributed by atoms with Crippen LogP contribution < -0.4 is 14.8 Å². The summed E-state index contributed by atoms with van der Waals surface area (Å²) in [5.41, 5.74) is 0.644. The molecule has 7 nitrogen and oxygen atoms in total. The van der Waals surface area contributed by atoms with Gasteiger partial charge in [-0.05, 0) is 56.1 Å². The number of ether oxygens (including phenoxy) is 2. The minimum Gasteiger partial charge on any atom is -0.468 e. The van der Waals surface area contributed by atoms with Crippen molar-refractivity contribution in [1.82, 2.24) is 20.2 Å². The molecule has 0 radical (unpaired) electrons. The van der Waals surface area contributed by atoms with Gasteiger partial charge in [0.1, 0.15) is 5.75 Å². The van der Waals surface area contributed by atoms with Crippen LogP contribution in [0.1, 0.15) is 23.2 Å². The molecule has 0 spiro atoms. The van der Waals surface area contributed by atoms with Crippen molar-refractivity contribution >= 4 is 5.91 Å². The highest BCUT2D eigenvalue weighted by molar-refractivity contribution is 5.94. The molecule has 5 rings (SSSR count). The number of imidazole rings is 1. The molecule has 3 aliphatic heterocycles. The van der Waals surface area contributed by atoms with Gasteiger partial charge in [0.25, 0.3) is 11.9 Å². The number of carbonyl (C=O) groups is 1. The molecule has 0 saturated carbocycles. The second kappa shape index (κ2) is 6.76. The second-order valence-electron chi connectivity index (χ2n) is 6.60. The van der Waals surface area contributed by atoms with E-state index in [1.54, 1.807) is 30.5 Å². The van der Waals surface area contributed by atoms with E-state index in [0.29, 0.717) is 29.1 Å². The van der Waals surface area contributed by atoms with E-state index in [1.807, 2.05) is 0 Å². The molecule has 3 saturated heterocycles. The summed E-state index contributed by atoms with van der Waals surface area (Å²) < 4.78 is 10.6. The van der Waals surface area contributed by atoms with Crippen molar-refractivity contribution in [1.29, 1.82) is 0 Å². The van der Waals surface area contributed by atoms with Gasteiger partial charge in [0.2, 0.25) is 5.88 Å². The summed E-state index contributed by atoms with van der Waals surface area (Å²) in [6, 6.07) is 7.77. The fourth-order valence-electron chi connectivity index (χ4n) is 3.62. The van der Waals surface area contributed by atoms with Gasteiger partial charge in [-0.1, -0.05) is 0 Å². The number of fused-ring (bicyclic) bond motifs is 3. The molecule has 4 heterocycles. The third-order valence-corrected chi connectivity index (χ3v) is 5.04. The van der Waals surface area contributed by atoms with Crippen molar-refractivity contribution < 1.29 is 14.3 Å². The van der Waals surface area contributed by atoms with Crippen molar-refractivity contribution in [2.24, 2.45) is 5.92 Å². The number of hydrogen-bond donors (Lipinski definition) is 2. The van der Waals surface area contributed by atoms with E-state index in [1.165, 1.54) is 33.0 Å². The van der Waals surface area contributed by atoms with E-state index in [-0.39, 0.29) is 11.9 Å². The van der Waals surface area contributed by atoms with Crippen molar-refractivity contribution in [2.75, 3.05) is 26.7 Å². The zero-order valence-corrected chi connectivity index (χ0v) is 14.2. The van der Waals surface area contributed by atoms with Gasteiger partial charge in [0, 0.05) is 18.2 Å². The zero-order chi connectivity index (χ0) is 17.2. The highest BCUT2D eigenvalue weighted by Crippen LogP contribution is 2.28. The number of nitrogens with one attached hydrogen (secondary N) is 2. The van der Waals surface area contributed by atoms with Gasteiger partial charge in [-0.3, -0.25) is 9.78 Å². The van der Waals surface area contributed by atoms with Gasteiger partial charge in [-0.25, -0.2) is 0 Å². The van der Waals surface area contributed by atoms with Crippen LogP contribution >= 0.6 is 0 Å². The van der Waals surface area contributed by atoms with Crippen molar-refractivity contribution in [2.45, 2.75) is 18.9 Å². The van der Waals surface area contributed by atoms with E-state index >= 15 is 0 Å². The summed E-state index contributed by atoms with van der Waals surface area (Å²) in [6.07, 6.45) is 3.92. The first-order chi connectivity index (χ1) is 12.2. The second-order valence-corrected chi connectivity index (χ2v) is 6.60. The molecule has 25 heavy (non-hydrogen) atoms. The largest absolute Gasteiger partial charge is 0.468 e. The zero-order valence-electron chi connectivity index (χ0n) is 14.2. The Morgan fingerprint density at radius 1 is 1.28 bits per heavy atom. The standard InChI is InChI=1S/C18H22N4O3/c1-24-18-19-10-16(21-18)25-14-4-2-13(3-5-14)17(23)20-15-11-22-8-6-12(15)7-9-22/h2-5,10,12,15H,6-9,11H2,1H3,(H,19,21)(H,20,23)/t15-/m0/s1. The summed E-state index contributed by atoms with van der Waals surface area (Å²) in [4.78, 5) is 21.8. The molecule has 7 heteroatoms. The third kappa shape index (κ3) is 3.46. The van der Waals surface area contributed by atoms with Crippen molar-refractivity contribution in [3.8, 4) is 17.6 Å². The van der Waals surface area contributed by atoms with E-state index in [2.05, 4.69) is 20.2 Å². The maximum absolute atomic E-state index is 12.5. The fourth-order valence-corrected chi connectivity index (χ4v) is 3.62. The summed E-state index contributed by atoms with van der Waals surface area (Å²) in [7, 11) is 1.53. The number of hydrogen-bond acceptors (Lipinski definition) is 5. The Hall–Kier alpha value is -2.54. The van der Waals surface area contributed by atoms with Crippen molar-refractivity contribution in [3.05, 3.63) is 36.0 Å². The number of benzene rings is 1. The van der Waals surface area contributed by atoms with E-state index < -0.39 is 0 Å². The van der Waals surface area contributed by atoms with E-state index in [0.717, 1.165) is 6.54 Å². The van der Waals surface area contributed by atoms with Gasteiger partial charge in [-0.15, -0.1) is 0 Å². The monoisotopic (exact) mass is 342 g/mol. The number of amides is 1. The molecule has 0 unspecified atom stereocenters. The molecule has 2 N–H and O–H groups in total. The molecule has 0 aliphatic carbocycles. The number of piperidine rings is 3. The van der Waals surface area contributed by atoms with Gasteiger partial charge < -0.3 is 19.7 Å². The van der Waals surface area contributed by atoms with Crippen LogP contribution in [-0.4, -0.2) is 53.6 Å². The lowest BCUT2D eigenvalue weighted by Gasteiger charge is -2.44. The van der Waals surface area contributed by atoms with Gasteiger partial charge in [0.15, 0.2) is 0 Å². The quantitative estimate of drug-likeness (QED) is 0.869. The average Bonchev–Trinajstić information content (AvgIpc) is 3.11. The highest BCUT2D eigenvalue weighted by Gasteiger charge is 2.34. The lowest BCUT2D eigenvalue weighted by Crippen LogP contribution is -2.57. The normalized spacial score (nSPS) is 24.8. The topological polar surface area (TPSA) is 79.5 Å². The lowest BCUT2D eigenvalue weighted by molar-refractivity contribution is 0.0620. The average molecular weight is 342 g/mol. The molecule has 2 bridgehead atoms. The van der Waals surface area contributed by atoms with Gasteiger partial charge >= 0.3 is 0 Å². The number of aromatic amines is 1. The lowest BCUT2D eigenvalue weighted by atomic mass is 9.84. The Kier molecular flexibility index (Phi) is 4.31. The van der Waals surface area contributed by atoms with Crippen LogP contribution in [0.15, 0.2) is 30.5 Å². The van der Waals surface area contributed by atoms with Crippen LogP contribution in [0.3, 0.4) is 0 Å². The Morgan fingerprint density at radius 2 is 2.04 bits per heavy atom. The van der Waals surface area contributed by atoms with Crippen LogP contribution in [0.25, 0.3) is 0 Å². The molecular formula is C18H22N4O3. The maximum atomic E-state index is 12.5. The first-order valence-electron chi connectivity index (χ1n) is 8.61. The van der Waals surface area contributed by atoms with Crippen molar-refractivity contribution in [3.63, 3.8) is 0 Å². The fraction of sp³-hybridized carbons (Fsp3) is 0.444. The SMILES string of the molecule is COc1ncc(Oc2ccc(C(=O)N[C@H]3CN4CCC3CC4)cc2)[nH]1. The van der Waals surface area contributed by atoms with Crippen LogP contribution in [0.4, 0.5) is 0 Å². The molecule has 3 fully saturated rings. The maximum Gasteiger partial charge on any atom is 0.296 e. The predicted molar refractivity (Wildman–Crippen MR) is 92.1 cm³/mol. The molecule has 132 valence electrons. The molecular weight excluding hydrogens is 320 g/mol. The Morgan fingerprint density at radius 3 is 2.64 bits per heavy atom. The molecule has 1 amide bonds. The molecule has 2 aromatic rings. The predicted octanol–water partition coefficient (Wildman–Crippen LogP) is 2.03. The Labute approximate surface area is 146 Å². The van der Waals surface area contributed by atoms with E-state index in [9.17, 15) is 4.79 Å². The molecule has 3 aliphatic rings. The Balaban J connectivity index is 1.37. The number of rotatable bonds is 5. The van der Waals surface area contributed by atoms with Gasteiger partial charge in [-0.2, -0.15) is 4.98 Å². The summed E-state index contributed by atoms with van der Waals surface area (Å²) in [6.45, 7) is 3.31.